The minimum Gasteiger partial charge on any atom is -0.460 e. The van der Waals surface area contributed by atoms with E-state index >= 15 is 0 Å². The number of carbonyl (C=O) groups is 2. The summed E-state index contributed by atoms with van der Waals surface area (Å²) in [6.07, 6.45) is 0.0530. The van der Waals surface area contributed by atoms with Gasteiger partial charge in [0.25, 0.3) is 0 Å². The fourth-order valence-corrected chi connectivity index (χ4v) is 2.50. The van der Waals surface area contributed by atoms with E-state index < -0.39 is 10.6 Å². The first-order valence-electron chi connectivity index (χ1n) is 6.74. The molecule has 0 aromatic heterocycles. The first kappa shape index (κ1) is 15.7. The molecule has 1 atom stereocenters. The van der Waals surface area contributed by atoms with Crippen LogP contribution in [-0.2, 0) is 9.53 Å². The second-order valence-corrected chi connectivity index (χ2v) is 6.95. The van der Waals surface area contributed by atoms with E-state index in [0.717, 1.165) is 11.4 Å². The summed E-state index contributed by atoms with van der Waals surface area (Å²) >= 11 is 4.49. The highest BCUT2D eigenvalue weighted by Crippen LogP contribution is 2.38. The van der Waals surface area contributed by atoms with Crippen molar-refractivity contribution in [3.63, 3.8) is 0 Å². The van der Waals surface area contributed by atoms with Gasteiger partial charge in [-0.1, -0.05) is 0 Å². The molecule has 1 aromatic rings. The second kappa shape index (κ2) is 5.26. The first-order chi connectivity index (χ1) is 9.58. The topological polar surface area (TPSA) is 67.4 Å². The van der Waals surface area contributed by atoms with Gasteiger partial charge in [0.2, 0.25) is 0 Å². The minimum absolute atomic E-state index is 0.0107. The van der Waals surface area contributed by atoms with E-state index in [-0.39, 0.29) is 18.2 Å². The molecular formula is C15H20N2O3S. The molecule has 1 aliphatic rings. The van der Waals surface area contributed by atoms with Crippen molar-refractivity contribution < 1.29 is 14.3 Å². The number of esters is 1. The van der Waals surface area contributed by atoms with Crippen LogP contribution in [0.15, 0.2) is 18.2 Å². The number of anilines is 2. The number of rotatable bonds is 3. The number of Topliss-reactive ketones (excluding diaryl/α,β-unsaturated/α-hetero) is 1. The lowest BCUT2D eigenvalue weighted by molar-refractivity contribution is -0.155. The fraction of sp³-hybridized carbons (Fsp3) is 0.467. The molecule has 1 unspecified atom stereocenters. The van der Waals surface area contributed by atoms with Gasteiger partial charge >= 0.3 is 5.97 Å². The Balaban J connectivity index is 2.10. The summed E-state index contributed by atoms with van der Waals surface area (Å²) in [5.41, 5.74) is 1.63. The van der Waals surface area contributed by atoms with Gasteiger partial charge in [0.05, 0.1) is 17.8 Å². The van der Waals surface area contributed by atoms with Crippen LogP contribution in [-0.4, -0.2) is 22.3 Å². The second-order valence-electron chi connectivity index (χ2n) is 6.19. The Hall–Kier alpha value is -1.69. The van der Waals surface area contributed by atoms with Crippen molar-refractivity contribution in [2.75, 3.05) is 10.6 Å². The third kappa shape index (κ3) is 3.91. The maximum Gasteiger partial charge on any atom is 0.311 e. The van der Waals surface area contributed by atoms with Gasteiger partial charge in [0.1, 0.15) is 5.60 Å². The molecule has 0 aliphatic carbocycles. The van der Waals surface area contributed by atoms with Gasteiger partial charge < -0.3 is 15.4 Å². The van der Waals surface area contributed by atoms with Gasteiger partial charge in [-0.25, -0.2) is 0 Å². The molecule has 0 amide bonds. The fourth-order valence-electron chi connectivity index (χ4n) is 2.13. The van der Waals surface area contributed by atoms with E-state index in [9.17, 15) is 9.59 Å². The van der Waals surface area contributed by atoms with Gasteiger partial charge in [-0.2, -0.15) is 0 Å². The van der Waals surface area contributed by atoms with Gasteiger partial charge in [0.15, 0.2) is 10.8 Å². The molecule has 2 N–H and O–H groups in total. The minimum atomic E-state index is -0.917. The zero-order valence-corrected chi connectivity index (χ0v) is 13.5. The number of thiol groups is 1. The van der Waals surface area contributed by atoms with Crippen LogP contribution < -0.4 is 10.6 Å². The van der Waals surface area contributed by atoms with Crippen LogP contribution in [0.4, 0.5) is 11.4 Å². The zero-order chi connectivity index (χ0) is 15.8. The highest BCUT2D eigenvalue weighted by Gasteiger charge is 2.36. The highest BCUT2D eigenvalue weighted by molar-refractivity contribution is 7.82. The van der Waals surface area contributed by atoms with Crippen molar-refractivity contribution in [1.82, 2.24) is 0 Å². The lowest BCUT2D eigenvalue weighted by atomic mass is 10.1. The number of fused-ring (bicyclic) bond motifs is 1. The number of ketones is 1. The maximum absolute atomic E-state index is 11.9. The van der Waals surface area contributed by atoms with Crippen LogP contribution >= 0.6 is 12.6 Å². The van der Waals surface area contributed by atoms with Crippen LogP contribution in [0.2, 0.25) is 0 Å². The van der Waals surface area contributed by atoms with Crippen LogP contribution in [0.25, 0.3) is 0 Å². The highest BCUT2D eigenvalue weighted by atomic mass is 32.1. The predicted octanol–water partition coefficient (Wildman–Crippen LogP) is 3.04. The van der Waals surface area contributed by atoms with E-state index in [1.54, 1.807) is 18.2 Å². The molecule has 1 aliphatic heterocycles. The van der Waals surface area contributed by atoms with Crippen molar-refractivity contribution in [3.05, 3.63) is 23.8 Å². The monoisotopic (exact) mass is 308 g/mol. The Morgan fingerprint density at radius 1 is 1.24 bits per heavy atom. The number of hydrogen-bond acceptors (Lipinski definition) is 6. The predicted molar refractivity (Wildman–Crippen MR) is 85.9 cm³/mol. The molecular weight excluding hydrogens is 288 g/mol. The summed E-state index contributed by atoms with van der Waals surface area (Å²) in [6.45, 7) is 6.97. The van der Waals surface area contributed by atoms with E-state index in [4.69, 9.17) is 4.74 Å². The summed E-state index contributed by atoms with van der Waals surface area (Å²) < 4.78 is 5.30. The first-order valence-corrected chi connectivity index (χ1v) is 7.18. The zero-order valence-electron chi connectivity index (χ0n) is 12.6. The average Bonchev–Trinajstić information content (AvgIpc) is 2.59. The maximum atomic E-state index is 11.9. The number of carbonyl (C=O) groups excluding carboxylic acids is 2. The largest absolute Gasteiger partial charge is 0.460 e. The van der Waals surface area contributed by atoms with E-state index in [2.05, 4.69) is 23.3 Å². The number of nitrogens with one attached hydrogen (secondary N) is 2. The Labute approximate surface area is 129 Å². The van der Waals surface area contributed by atoms with Gasteiger partial charge in [-0.05, 0) is 45.9 Å². The number of hydrogen-bond donors (Lipinski definition) is 3. The van der Waals surface area contributed by atoms with Gasteiger partial charge in [0, 0.05) is 5.56 Å². The summed E-state index contributed by atoms with van der Waals surface area (Å²) in [4.78, 5) is 22.4. The number of benzene rings is 1. The molecule has 114 valence electrons. The summed E-state index contributed by atoms with van der Waals surface area (Å²) in [7, 11) is 0. The molecule has 2 rings (SSSR count). The van der Waals surface area contributed by atoms with Crippen molar-refractivity contribution in [1.29, 1.82) is 0 Å². The van der Waals surface area contributed by atoms with Crippen molar-refractivity contribution >= 4 is 35.8 Å². The third-order valence-corrected chi connectivity index (χ3v) is 3.31. The molecule has 0 radical (unpaired) electrons. The lowest BCUT2D eigenvalue weighted by Crippen LogP contribution is -2.39. The SMILES string of the molecule is CC(=O)c1ccc2c(c1)NC(S)(CC(=O)OC(C)(C)C)N2. The van der Waals surface area contributed by atoms with Crippen LogP contribution in [0.5, 0.6) is 0 Å². The summed E-state index contributed by atoms with van der Waals surface area (Å²) in [5, 5.41) is 6.26. The van der Waals surface area contributed by atoms with Crippen molar-refractivity contribution in [3.8, 4) is 0 Å². The van der Waals surface area contributed by atoms with Crippen LogP contribution in [0.1, 0.15) is 44.5 Å². The third-order valence-electron chi connectivity index (χ3n) is 2.93. The molecule has 6 heteroatoms. The van der Waals surface area contributed by atoms with E-state index in [1.807, 2.05) is 20.8 Å². The Morgan fingerprint density at radius 2 is 1.86 bits per heavy atom. The summed E-state index contributed by atoms with van der Waals surface area (Å²) in [6, 6.07) is 5.28. The summed E-state index contributed by atoms with van der Waals surface area (Å²) in [5.74, 6) is -0.361. The van der Waals surface area contributed by atoms with Crippen molar-refractivity contribution in [2.45, 2.75) is 44.7 Å². The Morgan fingerprint density at radius 3 is 2.43 bits per heavy atom. The quantitative estimate of drug-likeness (QED) is 0.455. The molecule has 21 heavy (non-hydrogen) atoms. The normalized spacial score (nSPS) is 20.2. The van der Waals surface area contributed by atoms with Crippen LogP contribution in [0.3, 0.4) is 0 Å². The number of ether oxygens (including phenoxy) is 1. The van der Waals surface area contributed by atoms with Crippen LogP contribution in [0, 0.1) is 0 Å². The standard InChI is InChI=1S/C15H20N2O3S/c1-9(18)10-5-6-11-12(7-10)17-15(21,16-11)8-13(19)20-14(2,3)4/h5-7,16-17,21H,8H2,1-4H3. The average molecular weight is 308 g/mol. The van der Waals surface area contributed by atoms with Crippen molar-refractivity contribution in [2.24, 2.45) is 0 Å². The van der Waals surface area contributed by atoms with E-state index in [1.165, 1.54) is 6.92 Å². The molecule has 0 saturated carbocycles. The molecule has 0 fully saturated rings. The molecule has 1 aromatic carbocycles. The molecule has 0 bridgehead atoms. The molecule has 5 nitrogen and oxygen atoms in total. The van der Waals surface area contributed by atoms with E-state index in [0.29, 0.717) is 5.56 Å². The Bertz CT molecular complexity index is 595. The Kier molecular flexibility index (Phi) is 3.93. The molecule has 0 saturated heterocycles. The lowest BCUT2D eigenvalue weighted by Gasteiger charge is -2.26. The smallest absolute Gasteiger partial charge is 0.311 e. The molecule has 1 heterocycles. The van der Waals surface area contributed by atoms with Gasteiger partial charge in [-0.3, -0.25) is 9.59 Å². The van der Waals surface area contributed by atoms with Gasteiger partial charge in [-0.15, -0.1) is 12.6 Å². The molecule has 0 spiro atoms.